The van der Waals surface area contributed by atoms with Gasteiger partial charge in [0.15, 0.2) is 24.8 Å². The standard InChI is InChI=1S/C24H25N7O6/c25-7-15-6-17(35-11-19(26)32)5-14-3-13(4-18(14)15)8-27-2-1-16-10-31(24(34)37-16)20-9-28-23-22(29-20)30-21(33)12-36-23/h5-6,9,13,16,27H,1-4,8,10-12H2,(H2,26,32)(H,29,30,33). The van der Waals surface area contributed by atoms with Gasteiger partial charge in [-0.05, 0) is 61.5 Å². The van der Waals surface area contributed by atoms with Gasteiger partial charge in [-0.3, -0.25) is 14.5 Å². The van der Waals surface area contributed by atoms with Crippen LogP contribution in [0, 0.1) is 17.2 Å². The first kappa shape index (κ1) is 24.3. The van der Waals surface area contributed by atoms with Crippen molar-refractivity contribution in [3.63, 3.8) is 0 Å². The predicted octanol–water partition coefficient (Wildman–Crippen LogP) is 0.263. The van der Waals surface area contributed by atoms with Crippen LogP contribution in [0.5, 0.6) is 11.6 Å². The molecule has 1 aliphatic carbocycles. The van der Waals surface area contributed by atoms with E-state index in [1.807, 2.05) is 6.07 Å². The Labute approximate surface area is 211 Å². The van der Waals surface area contributed by atoms with Crippen molar-refractivity contribution in [3.05, 3.63) is 35.0 Å². The number of aromatic nitrogens is 2. The third-order valence-electron chi connectivity index (χ3n) is 6.37. The highest BCUT2D eigenvalue weighted by Gasteiger charge is 2.34. The number of amides is 3. The second kappa shape index (κ2) is 10.3. The van der Waals surface area contributed by atoms with E-state index in [9.17, 15) is 19.6 Å². The van der Waals surface area contributed by atoms with E-state index in [1.165, 1.54) is 11.1 Å². The zero-order valence-corrected chi connectivity index (χ0v) is 19.9. The van der Waals surface area contributed by atoms with E-state index >= 15 is 0 Å². The number of nitriles is 1. The summed E-state index contributed by atoms with van der Waals surface area (Å²) in [6, 6.07) is 5.73. The summed E-state index contributed by atoms with van der Waals surface area (Å²) in [7, 11) is 0. The fourth-order valence-corrected chi connectivity index (χ4v) is 4.70. The summed E-state index contributed by atoms with van der Waals surface area (Å²) >= 11 is 0. The number of hydrogen-bond acceptors (Lipinski definition) is 10. The highest BCUT2D eigenvalue weighted by atomic mass is 16.6. The molecule has 1 aromatic carbocycles. The maximum absolute atomic E-state index is 12.4. The SMILES string of the molecule is N#Cc1cc(OCC(N)=O)cc2c1CC(CNCCC1CN(c3cnc4c(n3)NC(=O)CO4)C(=O)O1)C2. The molecule has 0 saturated carbocycles. The fourth-order valence-electron chi connectivity index (χ4n) is 4.70. The Morgan fingerprint density at radius 1 is 1.35 bits per heavy atom. The number of cyclic esters (lactones) is 1. The Morgan fingerprint density at radius 2 is 2.22 bits per heavy atom. The molecule has 192 valence electrons. The first-order valence-electron chi connectivity index (χ1n) is 11.8. The van der Waals surface area contributed by atoms with Crippen LogP contribution < -0.4 is 30.7 Å². The minimum atomic E-state index is -0.573. The highest BCUT2D eigenvalue weighted by molar-refractivity contribution is 5.94. The van der Waals surface area contributed by atoms with Crippen molar-refractivity contribution in [2.45, 2.75) is 25.4 Å². The molecule has 1 saturated heterocycles. The smallest absolute Gasteiger partial charge is 0.415 e. The summed E-state index contributed by atoms with van der Waals surface area (Å²) < 4.78 is 16.1. The second-order valence-corrected chi connectivity index (χ2v) is 9.08. The van der Waals surface area contributed by atoms with Gasteiger partial charge in [0, 0.05) is 0 Å². The molecule has 1 fully saturated rings. The summed E-state index contributed by atoms with van der Waals surface area (Å²) in [6.45, 7) is 1.33. The van der Waals surface area contributed by atoms with Gasteiger partial charge < -0.3 is 30.6 Å². The van der Waals surface area contributed by atoms with Gasteiger partial charge in [0.1, 0.15) is 11.9 Å². The molecule has 5 rings (SSSR count). The van der Waals surface area contributed by atoms with Gasteiger partial charge in [-0.1, -0.05) is 0 Å². The summed E-state index contributed by atoms with van der Waals surface area (Å²) in [4.78, 5) is 44.7. The maximum Gasteiger partial charge on any atom is 0.415 e. The van der Waals surface area contributed by atoms with E-state index in [0.29, 0.717) is 36.7 Å². The van der Waals surface area contributed by atoms with Crippen molar-refractivity contribution >= 4 is 29.5 Å². The number of nitrogens with zero attached hydrogens (tertiary/aromatic N) is 4. The molecule has 0 bridgehead atoms. The lowest BCUT2D eigenvalue weighted by Gasteiger charge is -2.18. The van der Waals surface area contributed by atoms with Gasteiger partial charge in [0.2, 0.25) is 0 Å². The molecule has 3 heterocycles. The lowest BCUT2D eigenvalue weighted by molar-refractivity contribution is -0.120. The predicted molar refractivity (Wildman–Crippen MR) is 128 cm³/mol. The fraction of sp³-hybridized carbons (Fsp3) is 0.417. The van der Waals surface area contributed by atoms with Crippen molar-refractivity contribution in [2.24, 2.45) is 11.7 Å². The topological polar surface area (TPSA) is 182 Å². The third kappa shape index (κ3) is 5.39. The number of rotatable bonds is 9. The molecule has 3 aliphatic rings. The van der Waals surface area contributed by atoms with Crippen LogP contribution in [0.2, 0.25) is 0 Å². The number of benzene rings is 1. The van der Waals surface area contributed by atoms with Gasteiger partial charge in [0.05, 0.1) is 24.4 Å². The van der Waals surface area contributed by atoms with Crippen molar-refractivity contribution in [3.8, 4) is 17.7 Å². The number of nitrogens with two attached hydrogens (primary N) is 1. The lowest BCUT2D eigenvalue weighted by atomic mass is 10.0. The van der Waals surface area contributed by atoms with Crippen LogP contribution in [0.3, 0.4) is 0 Å². The molecule has 3 amide bonds. The molecule has 2 aromatic rings. The zero-order valence-electron chi connectivity index (χ0n) is 19.9. The largest absolute Gasteiger partial charge is 0.484 e. The molecule has 0 spiro atoms. The van der Waals surface area contributed by atoms with Crippen LogP contribution in [0.25, 0.3) is 0 Å². The quantitative estimate of drug-likeness (QED) is 0.398. The lowest BCUT2D eigenvalue weighted by Crippen LogP contribution is -2.30. The van der Waals surface area contributed by atoms with E-state index in [-0.39, 0.29) is 42.7 Å². The van der Waals surface area contributed by atoms with Crippen LogP contribution in [-0.2, 0) is 27.2 Å². The Hall–Kier alpha value is -4.44. The number of primary amides is 1. The van der Waals surface area contributed by atoms with Crippen LogP contribution in [0.1, 0.15) is 23.1 Å². The minimum absolute atomic E-state index is 0.124. The Bertz CT molecular complexity index is 1290. The normalized spacial score (nSPS) is 19.8. The summed E-state index contributed by atoms with van der Waals surface area (Å²) in [5, 5.41) is 15.5. The number of nitrogens with one attached hydrogen (secondary N) is 2. The first-order chi connectivity index (χ1) is 17.9. The molecule has 37 heavy (non-hydrogen) atoms. The molecule has 2 aliphatic heterocycles. The third-order valence-corrected chi connectivity index (χ3v) is 6.37. The van der Waals surface area contributed by atoms with Crippen molar-refractivity contribution in [2.75, 3.05) is 43.1 Å². The number of hydrogen-bond donors (Lipinski definition) is 3. The second-order valence-electron chi connectivity index (χ2n) is 9.08. The number of fused-ring (bicyclic) bond motifs is 2. The van der Waals surface area contributed by atoms with E-state index in [4.69, 9.17) is 19.9 Å². The Kier molecular flexibility index (Phi) is 6.74. The van der Waals surface area contributed by atoms with Crippen LogP contribution in [0.15, 0.2) is 18.3 Å². The van der Waals surface area contributed by atoms with Crippen LogP contribution >= 0.6 is 0 Å². The van der Waals surface area contributed by atoms with Gasteiger partial charge >= 0.3 is 6.09 Å². The summed E-state index contributed by atoms with van der Waals surface area (Å²) in [5.41, 5.74) is 7.74. The van der Waals surface area contributed by atoms with Gasteiger partial charge in [-0.2, -0.15) is 5.26 Å². The number of anilines is 2. The summed E-state index contributed by atoms with van der Waals surface area (Å²) in [6.07, 6.45) is 2.73. The van der Waals surface area contributed by atoms with Gasteiger partial charge in [-0.15, -0.1) is 0 Å². The zero-order chi connectivity index (χ0) is 25.9. The molecule has 13 heteroatoms. The van der Waals surface area contributed by atoms with E-state index < -0.39 is 12.0 Å². The Balaban J connectivity index is 1.10. The van der Waals surface area contributed by atoms with E-state index in [2.05, 4.69) is 26.7 Å². The van der Waals surface area contributed by atoms with Gasteiger partial charge in [-0.25, -0.2) is 14.8 Å². The number of carbonyl (C=O) groups excluding carboxylic acids is 3. The molecular weight excluding hydrogens is 482 g/mol. The van der Waals surface area contributed by atoms with E-state index in [1.54, 1.807) is 6.07 Å². The molecular formula is C24H25N7O6. The molecule has 2 atom stereocenters. The highest BCUT2D eigenvalue weighted by Crippen LogP contribution is 2.33. The van der Waals surface area contributed by atoms with Gasteiger partial charge in [0.25, 0.3) is 17.7 Å². The summed E-state index contributed by atoms with van der Waals surface area (Å²) in [5.74, 6) is 0.528. The van der Waals surface area contributed by atoms with Crippen molar-refractivity contribution in [1.29, 1.82) is 5.26 Å². The molecule has 2 unspecified atom stereocenters. The monoisotopic (exact) mass is 507 g/mol. The average Bonchev–Trinajstić information content (AvgIpc) is 3.47. The first-order valence-corrected chi connectivity index (χ1v) is 11.8. The van der Waals surface area contributed by atoms with Crippen molar-refractivity contribution < 1.29 is 28.6 Å². The minimum Gasteiger partial charge on any atom is -0.484 e. The van der Waals surface area contributed by atoms with Crippen LogP contribution in [0.4, 0.5) is 16.4 Å². The molecule has 4 N–H and O–H groups in total. The molecule has 1 aromatic heterocycles. The molecule has 13 nitrogen and oxygen atoms in total. The number of carbonyl (C=O) groups is 3. The maximum atomic E-state index is 12.4. The average molecular weight is 508 g/mol. The van der Waals surface area contributed by atoms with Crippen LogP contribution in [-0.4, -0.2) is 66.8 Å². The number of ether oxygens (including phenoxy) is 3. The van der Waals surface area contributed by atoms with Crippen molar-refractivity contribution in [1.82, 2.24) is 15.3 Å². The Morgan fingerprint density at radius 3 is 3.03 bits per heavy atom. The molecule has 0 radical (unpaired) electrons. The van der Waals surface area contributed by atoms with E-state index in [0.717, 1.165) is 30.5 Å².